The predicted molar refractivity (Wildman–Crippen MR) is 283 cm³/mol. The molecule has 11 aromatic carbocycles. The van der Waals surface area contributed by atoms with Gasteiger partial charge in [0.2, 0.25) is 0 Å². The Labute approximate surface area is 405 Å². The Bertz CT molecular complexity index is 4170. The molecular formula is C65H44N2O. The van der Waals surface area contributed by atoms with Gasteiger partial charge in [-0.15, -0.1) is 0 Å². The first-order valence-corrected chi connectivity index (χ1v) is 22.8. The van der Waals surface area contributed by atoms with Gasteiger partial charge in [0.15, 0.2) is 0 Å². The lowest BCUT2D eigenvalue weighted by Gasteiger charge is -2.35. The zero-order chi connectivity index (χ0) is 51.1. The number of nitrogens with zero attached hydrogens (tertiary/aromatic N) is 2. The molecule has 0 N–H and O–H groups in total. The summed E-state index contributed by atoms with van der Waals surface area (Å²) >= 11 is 0. The maximum Gasteiger partial charge on any atom is 0.135 e. The van der Waals surface area contributed by atoms with Crippen LogP contribution in [0.25, 0.3) is 55.0 Å². The molecule has 0 saturated carbocycles. The molecule has 1 aliphatic rings. The molecule has 12 aromatic rings. The molecule has 1 aliphatic carbocycles. The Morgan fingerprint density at radius 1 is 0.353 bits per heavy atom. The summed E-state index contributed by atoms with van der Waals surface area (Å²) in [5.74, 6) is 0. The van der Waals surface area contributed by atoms with E-state index in [0.29, 0.717) is 16.7 Å². The van der Waals surface area contributed by atoms with Crippen molar-refractivity contribution in [3.63, 3.8) is 0 Å². The van der Waals surface area contributed by atoms with E-state index in [1.807, 2.05) is 109 Å². The Balaban J connectivity index is 1.15. The average molecular weight is 876 g/mol. The van der Waals surface area contributed by atoms with Crippen molar-refractivity contribution in [1.29, 1.82) is 0 Å². The van der Waals surface area contributed by atoms with Crippen LogP contribution in [0.15, 0.2) is 271 Å². The smallest absolute Gasteiger partial charge is 0.135 e. The summed E-state index contributed by atoms with van der Waals surface area (Å²) in [5.41, 5.74) is 11.5. The number of fused-ring (bicyclic) bond motifs is 7. The third kappa shape index (κ3) is 6.43. The van der Waals surface area contributed by atoms with Crippen molar-refractivity contribution in [3.8, 4) is 22.3 Å². The van der Waals surface area contributed by atoms with E-state index in [2.05, 4.69) is 125 Å². The van der Waals surface area contributed by atoms with Crippen molar-refractivity contribution < 1.29 is 14.0 Å². The van der Waals surface area contributed by atoms with E-state index < -0.39 is 29.6 Å². The Hall–Kier alpha value is -8.92. The van der Waals surface area contributed by atoms with Gasteiger partial charge in [-0.2, -0.15) is 0 Å². The maximum atomic E-state index is 10.3. The molecule has 1 atom stereocenters. The van der Waals surface area contributed by atoms with Gasteiger partial charge >= 0.3 is 0 Å². The van der Waals surface area contributed by atoms with Gasteiger partial charge in [0.25, 0.3) is 0 Å². The van der Waals surface area contributed by atoms with Gasteiger partial charge in [-0.3, -0.25) is 0 Å². The molecule has 0 radical (unpaired) electrons. The second-order valence-electron chi connectivity index (χ2n) is 17.1. The molecule has 13 rings (SSSR count). The van der Waals surface area contributed by atoms with Gasteiger partial charge < -0.3 is 14.2 Å². The van der Waals surface area contributed by atoms with Crippen LogP contribution in [-0.2, 0) is 5.41 Å². The molecule has 3 nitrogen and oxygen atoms in total. The molecule has 1 aromatic heterocycles. The summed E-state index contributed by atoms with van der Waals surface area (Å²) in [5, 5.41) is 1.44. The zero-order valence-electron chi connectivity index (χ0n) is 43.7. The summed E-state index contributed by atoms with van der Waals surface area (Å²) in [6, 6.07) is 73.0. The van der Waals surface area contributed by atoms with Crippen LogP contribution in [-0.4, -0.2) is 0 Å². The number of benzene rings is 11. The number of hydrogen-bond donors (Lipinski definition) is 0. The second kappa shape index (κ2) is 16.2. The van der Waals surface area contributed by atoms with Crippen LogP contribution in [0.2, 0.25) is 0 Å². The molecule has 0 spiro atoms. The highest BCUT2D eigenvalue weighted by Crippen LogP contribution is 2.59. The summed E-state index contributed by atoms with van der Waals surface area (Å²) in [4.78, 5) is 4.43. The number of anilines is 6. The largest absolute Gasteiger partial charge is 0.456 e. The fourth-order valence-electron chi connectivity index (χ4n) is 10.3. The van der Waals surface area contributed by atoms with Gasteiger partial charge in [0, 0.05) is 44.9 Å². The molecular weight excluding hydrogens is 825 g/mol. The van der Waals surface area contributed by atoms with Crippen LogP contribution in [0.5, 0.6) is 0 Å². The maximum absolute atomic E-state index is 10.3. The van der Waals surface area contributed by atoms with Gasteiger partial charge in [0.05, 0.1) is 15.0 Å². The quantitative estimate of drug-likeness (QED) is 0.144. The lowest BCUT2D eigenvalue weighted by molar-refractivity contribution is 0.668. The molecule has 0 bridgehead atoms. The SMILES string of the molecule is [2H]c1c([2H])c([2H])c2c([2H])c(C3(c4ccc5oc6ccccc6c5c4)c4ccc(N(c5ccccc5)c5ccccc5)cc4-c4cc(N(c5ccccc5)c5ccc(-c6ccccc6)cc5)ccc43)c([2H])c([2H])c2c1[2H]. The third-order valence-corrected chi connectivity index (χ3v) is 13.3. The minimum Gasteiger partial charge on any atom is -0.456 e. The lowest BCUT2D eigenvalue weighted by atomic mass is 9.67. The van der Waals surface area contributed by atoms with Crippen molar-refractivity contribution in [3.05, 3.63) is 289 Å². The van der Waals surface area contributed by atoms with E-state index in [-0.39, 0.29) is 34.5 Å². The van der Waals surface area contributed by atoms with Gasteiger partial charge in [-0.05, 0) is 152 Å². The summed E-state index contributed by atoms with van der Waals surface area (Å²) < 4.78 is 72.3. The van der Waals surface area contributed by atoms with E-state index in [1.165, 1.54) is 0 Å². The Kier molecular flexibility index (Phi) is 7.79. The average Bonchev–Trinajstić information content (AvgIpc) is 4.08. The van der Waals surface area contributed by atoms with Crippen LogP contribution in [0.1, 0.15) is 31.8 Å². The molecule has 3 heteroatoms. The first-order valence-electron chi connectivity index (χ1n) is 26.3. The van der Waals surface area contributed by atoms with E-state index in [1.54, 1.807) is 0 Å². The van der Waals surface area contributed by atoms with E-state index in [0.717, 1.165) is 78.3 Å². The summed E-state index contributed by atoms with van der Waals surface area (Å²) in [7, 11) is 0. The van der Waals surface area contributed by atoms with Gasteiger partial charge in [-0.25, -0.2) is 0 Å². The van der Waals surface area contributed by atoms with E-state index in [9.17, 15) is 5.48 Å². The number of furan rings is 1. The lowest BCUT2D eigenvalue weighted by Crippen LogP contribution is -2.28. The number of rotatable bonds is 9. The van der Waals surface area contributed by atoms with Crippen LogP contribution in [0.3, 0.4) is 0 Å². The minimum absolute atomic E-state index is 0.108. The zero-order valence-corrected chi connectivity index (χ0v) is 36.7. The first-order chi connectivity index (χ1) is 36.6. The Morgan fingerprint density at radius 2 is 0.838 bits per heavy atom. The second-order valence-corrected chi connectivity index (χ2v) is 17.1. The summed E-state index contributed by atoms with van der Waals surface area (Å²) in [6.45, 7) is 0. The molecule has 0 fully saturated rings. The number of hydrogen-bond acceptors (Lipinski definition) is 3. The normalized spacial score (nSPS) is 15.4. The third-order valence-electron chi connectivity index (χ3n) is 13.3. The van der Waals surface area contributed by atoms with Crippen molar-refractivity contribution >= 4 is 66.8 Å². The molecule has 320 valence electrons. The van der Waals surface area contributed by atoms with Crippen LogP contribution in [0, 0.1) is 0 Å². The number of para-hydroxylation sites is 4. The van der Waals surface area contributed by atoms with Crippen molar-refractivity contribution in [2.24, 2.45) is 0 Å². The molecule has 1 heterocycles. The molecule has 1 unspecified atom stereocenters. The monoisotopic (exact) mass is 875 g/mol. The van der Waals surface area contributed by atoms with Crippen LogP contribution >= 0.6 is 0 Å². The topological polar surface area (TPSA) is 19.6 Å². The predicted octanol–water partition coefficient (Wildman–Crippen LogP) is 17.7. The van der Waals surface area contributed by atoms with Gasteiger partial charge in [0.1, 0.15) is 11.2 Å². The van der Waals surface area contributed by atoms with Crippen LogP contribution < -0.4 is 9.80 Å². The standard InChI is InChI=1S/C65H44N2O/c1-5-17-45(18-6-1)47-30-34-54(35-31-47)67(53-25-11-4-12-26-53)56-37-39-62-59(44-56)58-43-55(66(51-21-7-2-8-22-51)52-23-9-3-10-24-52)36-38-61(58)65(62,49-32-29-46-19-13-14-20-48(46)41-49)50-33-40-64-60(42-50)57-27-15-16-28-63(57)68-64/h1-44H/i13D,14D,19D,20D,29D,32D,41D. The highest BCUT2D eigenvalue weighted by atomic mass is 16.3. The van der Waals surface area contributed by atoms with E-state index in [4.69, 9.17) is 8.53 Å². The minimum atomic E-state index is -1.50. The van der Waals surface area contributed by atoms with Crippen molar-refractivity contribution in [1.82, 2.24) is 0 Å². The summed E-state index contributed by atoms with van der Waals surface area (Å²) in [6.07, 6.45) is 0. The Morgan fingerprint density at radius 3 is 1.44 bits per heavy atom. The fourth-order valence-corrected chi connectivity index (χ4v) is 10.3. The van der Waals surface area contributed by atoms with Crippen molar-refractivity contribution in [2.75, 3.05) is 9.80 Å². The molecule has 68 heavy (non-hydrogen) atoms. The first kappa shape index (κ1) is 32.7. The van der Waals surface area contributed by atoms with Gasteiger partial charge in [-0.1, -0.05) is 170 Å². The molecule has 0 saturated heterocycles. The van der Waals surface area contributed by atoms with Crippen molar-refractivity contribution in [2.45, 2.75) is 5.41 Å². The highest BCUT2D eigenvalue weighted by Gasteiger charge is 2.47. The molecule has 0 aliphatic heterocycles. The van der Waals surface area contributed by atoms with E-state index >= 15 is 0 Å². The molecule has 0 amide bonds. The van der Waals surface area contributed by atoms with Crippen LogP contribution in [0.4, 0.5) is 34.1 Å². The fraction of sp³-hybridized carbons (Fsp3) is 0.0154. The highest BCUT2D eigenvalue weighted by molar-refractivity contribution is 6.06.